The molecule has 132 valence electrons. The summed E-state index contributed by atoms with van der Waals surface area (Å²) in [4.78, 5) is 24.2. The number of carbonyl (C=O) groups excluding carboxylic acids is 1. The van der Waals surface area contributed by atoms with E-state index in [9.17, 15) is 10.1 Å². The van der Waals surface area contributed by atoms with Crippen molar-refractivity contribution in [3.8, 4) is 17.3 Å². The minimum Gasteiger partial charge on any atom is -0.345 e. The highest BCUT2D eigenvalue weighted by molar-refractivity contribution is 7.14. The Kier molecular flexibility index (Phi) is 4.64. The number of nitrogens with zero attached hydrogens (tertiary/aromatic N) is 3. The highest BCUT2D eigenvalue weighted by Crippen LogP contribution is 2.25. The van der Waals surface area contributed by atoms with Crippen LogP contribution in [0.3, 0.4) is 0 Å². The number of rotatable bonds is 5. The summed E-state index contributed by atoms with van der Waals surface area (Å²) in [6, 6.07) is 17.5. The van der Waals surface area contributed by atoms with E-state index in [1.807, 2.05) is 53.9 Å². The Morgan fingerprint density at radius 2 is 2.11 bits per heavy atom. The molecule has 0 saturated carbocycles. The number of H-pyrrole nitrogens is 1. The molecule has 0 aliphatic rings. The van der Waals surface area contributed by atoms with Crippen LogP contribution >= 0.6 is 11.3 Å². The Labute approximate surface area is 159 Å². The summed E-state index contributed by atoms with van der Waals surface area (Å²) in [7, 11) is 0. The molecular formula is C20H15N5OS. The second-order valence-electron chi connectivity index (χ2n) is 6.03. The first kappa shape index (κ1) is 16.9. The highest BCUT2D eigenvalue weighted by atomic mass is 32.1. The highest BCUT2D eigenvalue weighted by Gasteiger charge is 2.20. The monoisotopic (exact) mass is 373 g/mol. The zero-order chi connectivity index (χ0) is 18.6. The molecule has 0 aliphatic carbocycles. The molecule has 1 amide bonds. The summed E-state index contributed by atoms with van der Waals surface area (Å²) in [5.74, 6) is -1.15. The van der Waals surface area contributed by atoms with Crippen molar-refractivity contribution in [2.24, 2.45) is 5.92 Å². The van der Waals surface area contributed by atoms with Crippen molar-refractivity contribution in [1.82, 2.24) is 15.0 Å². The van der Waals surface area contributed by atoms with Gasteiger partial charge >= 0.3 is 0 Å². The van der Waals surface area contributed by atoms with Gasteiger partial charge in [-0.25, -0.2) is 9.97 Å². The van der Waals surface area contributed by atoms with Gasteiger partial charge in [-0.1, -0.05) is 36.4 Å². The molecule has 0 spiro atoms. The van der Waals surface area contributed by atoms with Gasteiger partial charge in [0.05, 0.1) is 29.1 Å². The Morgan fingerprint density at radius 1 is 1.26 bits per heavy atom. The third-order valence-electron chi connectivity index (χ3n) is 4.20. The molecular weight excluding hydrogens is 358 g/mol. The molecule has 7 heteroatoms. The smallest absolute Gasteiger partial charge is 0.243 e. The lowest BCUT2D eigenvalue weighted by Gasteiger charge is -2.08. The number of thiazole rings is 1. The van der Waals surface area contributed by atoms with E-state index in [1.54, 1.807) is 6.33 Å². The van der Waals surface area contributed by atoms with Gasteiger partial charge in [-0.15, -0.1) is 11.3 Å². The fourth-order valence-electron chi connectivity index (χ4n) is 2.81. The molecule has 0 bridgehead atoms. The van der Waals surface area contributed by atoms with Crippen LogP contribution in [0.4, 0.5) is 5.13 Å². The molecule has 0 saturated heterocycles. The lowest BCUT2D eigenvalue weighted by Crippen LogP contribution is -2.23. The normalized spacial score (nSPS) is 11.8. The molecule has 1 atom stereocenters. The van der Waals surface area contributed by atoms with Gasteiger partial charge in [0.2, 0.25) is 5.91 Å². The number of anilines is 1. The Balaban J connectivity index is 1.46. The first-order chi connectivity index (χ1) is 13.2. The second-order valence-corrected chi connectivity index (χ2v) is 6.89. The maximum absolute atomic E-state index is 12.5. The molecule has 4 aromatic rings. The van der Waals surface area contributed by atoms with Crippen LogP contribution in [0.1, 0.15) is 5.56 Å². The number of aromatic amines is 1. The average Bonchev–Trinajstić information content (AvgIpc) is 3.35. The van der Waals surface area contributed by atoms with Crippen molar-refractivity contribution < 1.29 is 4.79 Å². The van der Waals surface area contributed by atoms with Crippen molar-refractivity contribution in [2.45, 2.75) is 6.42 Å². The number of benzene rings is 2. The predicted molar refractivity (Wildman–Crippen MR) is 105 cm³/mol. The SMILES string of the molecule is N#CC(Cc1ccc2nc[nH]c2c1)C(=O)Nc1nc(-c2ccccc2)cs1. The molecule has 6 nitrogen and oxygen atoms in total. The third kappa shape index (κ3) is 3.71. The number of hydrogen-bond donors (Lipinski definition) is 2. The second kappa shape index (κ2) is 7.40. The summed E-state index contributed by atoms with van der Waals surface area (Å²) in [5.41, 5.74) is 4.43. The topological polar surface area (TPSA) is 94.5 Å². The van der Waals surface area contributed by atoms with Gasteiger partial charge in [0, 0.05) is 10.9 Å². The van der Waals surface area contributed by atoms with Crippen molar-refractivity contribution in [1.29, 1.82) is 5.26 Å². The molecule has 4 rings (SSSR count). The van der Waals surface area contributed by atoms with Crippen molar-refractivity contribution in [2.75, 3.05) is 5.32 Å². The molecule has 0 fully saturated rings. The van der Waals surface area contributed by atoms with E-state index in [-0.39, 0.29) is 5.91 Å². The first-order valence-corrected chi connectivity index (χ1v) is 9.24. The number of fused-ring (bicyclic) bond motifs is 1. The zero-order valence-corrected chi connectivity index (χ0v) is 15.0. The number of nitrogens with one attached hydrogen (secondary N) is 2. The van der Waals surface area contributed by atoms with Gasteiger partial charge in [-0.05, 0) is 24.1 Å². The van der Waals surface area contributed by atoms with Crippen LogP contribution in [-0.4, -0.2) is 20.9 Å². The number of nitriles is 1. The molecule has 2 aromatic heterocycles. The third-order valence-corrected chi connectivity index (χ3v) is 4.96. The summed E-state index contributed by atoms with van der Waals surface area (Å²) in [6.45, 7) is 0. The van der Waals surface area contributed by atoms with Crippen LogP contribution in [0.5, 0.6) is 0 Å². The van der Waals surface area contributed by atoms with E-state index in [0.717, 1.165) is 27.9 Å². The van der Waals surface area contributed by atoms with E-state index >= 15 is 0 Å². The summed E-state index contributed by atoms with van der Waals surface area (Å²) in [5, 5.41) is 14.6. The van der Waals surface area contributed by atoms with E-state index < -0.39 is 5.92 Å². The van der Waals surface area contributed by atoms with Crippen LogP contribution in [0.15, 0.2) is 60.2 Å². The summed E-state index contributed by atoms with van der Waals surface area (Å²) < 4.78 is 0. The Morgan fingerprint density at radius 3 is 2.93 bits per heavy atom. The van der Waals surface area contributed by atoms with Gasteiger partial charge < -0.3 is 10.3 Å². The lowest BCUT2D eigenvalue weighted by molar-refractivity contribution is -0.118. The fourth-order valence-corrected chi connectivity index (χ4v) is 3.53. The van der Waals surface area contributed by atoms with Crippen LogP contribution in [0, 0.1) is 17.2 Å². The van der Waals surface area contributed by atoms with Crippen LogP contribution in [0.25, 0.3) is 22.3 Å². The molecule has 0 radical (unpaired) electrons. The zero-order valence-electron chi connectivity index (χ0n) is 14.2. The van der Waals surface area contributed by atoms with Crippen molar-refractivity contribution in [3.05, 3.63) is 65.8 Å². The van der Waals surface area contributed by atoms with Gasteiger partial charge in [-0.3, -0.25) is 4.79 Å². The Bertz CT molecular complexity index is 1130. The van der Waals surface area contributed by atoms with Crippen LogP contribution < -0.4 is 5.32 Å². The molecule has 2 aromatic carbocycles. The van der Waals surface area contributed by atoms with Crippen LogP contribution in [-0.2, 0) is 11.2 Å². The standard InChI is InChI=1S/C20H15N5OS/c21-10-15(8-13-6-7-16-17(9-13)23-12-22-16)19(26)25-20-24-18(11-27-20)14-4-2-1-3-5-14/h1-7,9,11-12,15H,8H2,(H,22,23)(H,24,25,26). The van der Waals surface area contributed by atoms with Crippen molar-refractivity contribution >= 4 is 33.4 Å². The maximum atomic E-state index is 12.5. The van der Waals surface area contributed by atoms with Crippen LogP contribution in [0.2, 0.25) is 0 Å². The van der Waals surface area contributed by atoms with E-state index in [2.05, 4.69) is 26.3 Å². The minimum atomic E-state index is -0.797. The fraction of sp³-hybridized carbons (Fsp3) is 0.100. The number of imidazole rings is 1. The predicted octanol–water partition coefficient (Wildman–Crippen LogP) is 4.01. The molecule has 2 N–H and O–H groups in total. The number of amides is 1. The first-order valence-electron chi connectivity index (χ1n) is 8.36. The van der Waals surface area contributed by atoms with Gasteiger partial charge in [-0.2, -0.15) is 5.26 Å². The lowest BCUT2D eigenvalue weighted by atomic mass is 9.99. The molecule has 1 unspecified atom stereocenters. The van der Waals surface area contributed by atoms with Crippen molar-refractivity contribution in [3.63, 3.8) is 0 Å². The van der Waals surface area contributed by atoms with Gasteiger partial charge in [0.25, 0.3) is 0 Å². The van der Waals surface area contributed by atoms with E-state index in [1.165, 1.54) is 11.3 Å². The molecule has 27 heavy (non-hydrogen) atoms. The van der Waals surface area contributed by atoms with E-state index in [4.69, 9.17) is 0 Å². The average molecular weight is 373 g/mol. The number of hydrogen-bond acceptors (Lipinski definition) is 5. The molecule has 0 aliphatic heterocycles. The largest absolute Gasteiger partial charge is 0.345 e. The van der Waals surface area contributed by atoms with Gasteiger partial charge in [0.1, 0.15) is 5.92 Å². The Hall–Kier alpha value is -3.50. The number of aromatic nitrogens is 3. The quantitative estimate of drug-likeness (QED) is 0.553. The maximum Gasteiger partial charge on any atom is 0.243 e. The number of carbonyl (C=O) groups is 1. The summed E-state index contributed by atoms with van der Waals surface area (Å²) in [6.07, 6.45) is 1.95. The van der Waals surface area contributed by atoms with E-state index in [0.29, 0.717) is 11.6 Å². The van der Waals surface area contributed by atoms with Gasteiger partial charge in [0.15, 0.2) is 5.13 Å². The molecule has 2 heterocycles. The minimum absolute atomic E-state index is 0.328. The summed E-state index contributed by atoms with van der Waals surface area (Å²) >= 11 is 1.34.